The van der Waals surface area contributed by atoms with Crippen LogP contribution in [0.25, 0.3) is 0 Å². The summed E-state index contributed by atoms with van der Waals surface area (Å²) in [6.07, 6.45) is 1.24. The molecule has 60 heavy (non-hydrogen) atoms. The molecular weight excluding hydrogens is 789 g/mol. The molecule has 4 amide bonds. The SMILES string of the molecule is CN(CCC(=O)OC(C)(C)C)C(=O)[C@H](Cc1ccccc1)NC(=O)[C@@H](CCS(C)=O)NC(=O)[C@H](Cc1ccc(OC(=O)CCc2ccccc2)cc1)NC(=O)OC(C)(C)C. The van der Waals surface area contributed by atoms with Crippen molar-refractivity contribution < 1.29 is 47.2 Å². The van der Waals surface area contributed by atoms with Gasteiger partial charge in [0.15, 0.2) is 0 Å². The third kappa shape index (κ3) is 19.0. The zero-order valence-electron chi connectivity index (χ0n) is 35.9. The summed E-state index contributed by atoms with van der Waals surface area (Å²) in [5.41, 5.74) is 0.770. The van der Waals surface area contributed by atoms with E-state index in [9.17, 15) is 33.0 Å². The van der Waals surface area contributed by atoms with Gasteiger partial charge in [-0.15, -0.1) is 0 Å². The summed E-state index contributed by atoms with van der Waals surface area (Å²) in [5, 5.41) is 8.11. The van der Waals surface area contributed by atoms with Crippen molar-refractivity contribution in [1.29, 1.82) is 0 Å². The first-order valence-electron chi connectivity index (χ1n) is 19.9. The van der Waals surface area contributed by atoms with Gasteiger partial charge in [0, 0.05) is 55.7 Å². The van der Waals surface area contributed by atoms with E-state index in [-0.39, 0.29) is 44.4 Å². The zero-order chi connectivity index (χ0) is 44.5. The Labute approximate surface area is 355 Å². The normalized spacial score (nSPS) is 13.4. The van der Waals surface area contributed by atoms with Gasteiger partial charge in [0.2, 0.25) is 17.7 Å². The molecule has 0 aliphatic carbocycles. The molecule has 0 aliphatic rings. The van der Waals surface area contributed by atoms with Crippen LogP contribution in [0.4, 0.5) is 4.79 Å². The summed E-state index contributed by atoms with van der Waals surface area (Å²) >= 11 is 0. The van der Waals surface area contributed by atoms with Gasteiger partial charge in [-0.25, -0.2) is 4.79 Å². The quantitative estimate of drug-likeness (QED) is 0.105. The first kappa shape index (κ1) is 48.8. The van der Waals surface area contributed by atoms with Gasteiger partial charge in [-0.05, 0) is 83.2 Å². The number of rotatable bonds is 20. The second-order valence-electron chi connectivity index (χ2n) is 16.5. The van der Waals surface area contributed by atoms with Crippen LogP contribution in [-0.4, -0.2) is 99.8 Å². The Kier molecular flexibility index (Phi) is 18.9. The lowest BCUT2D eigenvalue weighted by molar-refractivity contribution is -0.155. The number of nitrogens with one attached hydrogen (secondary N) is 3. The van der Waals surface area contributed by atoms with Crippen LogP contribution in [-0.2, 0) is 63.5 Å². The molecule has 1 unspecified atom stereocenters. The highest BCUT2D eigenvalue weighted by atomic mass is 32.2. The number of carbonyl (C=O) groups is 6. The number of esters is 2. The third-order valence-corrected chi connectivity index (χ3v) is 9.55. The maximum absolute atomic E-state index is 14.1. The molecule has 0 aromatic heterocycles. The smallest absolute Gasteiger partial charge is 0.408 e. The van der Waals surface area contributed by atoms with Gasteiger partial charge < -0.3 is 35.1 Å². The number of alkyl carbamates (subject to hydrolysis) is 1. The van der Waals surface area contributed by atoms with E-state index < -0.39 is 75.9 Å². The minimum Gasteiger partial charge on any atom is -0.460 e. The standard InChI is InChI=1S/C45H60N4O10S/c1-44(2,3)58-39(51)25-27-49(7)42(54)37(30-32-17-13-10-14-18-32)47-40(52)35(26-28-60(8)56)46-41(53)36(48-43(55)59-45(4,5)6)29-33-19-22-34(23-20-33)57-38(50)24-21-31-15-11-9-12-16-31/h9-20,22-23,35-37H,21,24-30H2,1-8H3,(H,46,53)(H,47,52)(H,48,55)/t35-,36+,37+,60?/m1/s1. The van der Waals surface area contributed by atoms with E-state index in [2.05, 4.69) is 16.0 Å². The average Bonchev–Trinajstić information content (AvgIpc) is 3.16. The fraction of sp³-hybridized carbons (Fsp3) is 0.467. The van der Waals surface area contributed by atoms with Crippen LogP contribution in [0.3, 0.4) is 0 Å². The summed E-state index contributed by atoms with van der Waals surface area (Å²) in [7, 11) is 0.170. The predicted molar refractivity (Wildman–Crippen MR) is 229 cm³/mol. The molecule has 3 rings (SSSR count). The minimum atomic E-state index is -1.35. The van der Waals surface area contributed by atoms with Crippen molar-refractivity contribution in [2.45, 2.75) is 109 Å². The highest BCUT2D eigenvalue weighted by Gasteiger charge is 2.32. The lowest BCUT2D eigenvalue weighted by Crippen LogP contribution is -2.58. The van der Waals surface area contributed by atoms with Crippen molar-refractivity contribution >= 4 is 46.6 Å². The van der Waals surface area contributed by atoms with Gasteiger partial charge in [-0.3, -0.25) is 28.2 Å². The molecular formula is C45H60N4O10S. The molecule has 14 nitrogen and oxygen atoms in total. The molecule has 4 atom stereocenters. The fourth-order valence-electron chi connectivity index (χ4n) is 5.84. The number of amides is 4. The molecule has 3 N–H and O–H groups in total. The van der Waals surface area contributed by atoms with Gasteiger partial charge >= 0.3 is 18.0 Å². The zero-order valence-corrected chi connectivity index (χ0v) is 36.7. The van der Waals surface area contributed by atoms with Crippen molar-refractivity contribution in [3.63, 3.8) is 0 Å². The summed E-state index contributed by atoms with van der Waals surface area (Å²) in [4.78, 5) is 81.2. The van der Waals surface area contributed by atoms with Gasteiger partial charge in [0.25, 0.3) is 0 Å². The number of hydrogen-bond acceptors (Lipinski definition) is 10. The van der Waals surface area contributed by atoms with Crippen molar-refractivity contribution in [1.82, 2.24) is 20.9 Å². The van der Waals surface area contributed by atoms with Crippen molar-refractivity contribution in [2.75, 3.05) is 25.6 Å². The van der Waals surface area contributed by atoms with Crippen molar-refractivity contribution in [2.24, 2.45) is 0 Å². The third-order valence-electron chi connectivity index (χ3n) is 8.73. The summed E-state index contributed by atoms with van der Waals surface area (Å²) in [6, 6.07) is 21.5. The van der Waals surface area contributed by atoms with Crippen molar-refractivity contribution in [3.05, 3.63) is 102 Å². The molecule has 0 saturated heterocycles. The highest BCUT2D eigenvalue weighted by Crippen LogP contribution is 2.17. The Balaban J connectivity index is 1.81. The number of carbonyl (C=O) groups excluding carboxylic acids is 6. The van der Waals surface area contributed by atoms with Crippen molar-refractivity contribution in [3.8, 4) is 5.75 Å². The lowest BCUT2D eigenvalue weighted by Gasteiger charge is -2.28. The maximum atomic E-state index is 14.1. The van der Waals surface area contributed by atoms with Crippen LogP contribution in [0.15, 0.2) is 84.9 Å². The van der Waals surface area contributed by atoms with Gasteiger partial charge in [0.1, 0.15) is 35.1 Å². The Morgan fingerprint density at radius 2 is 1.15 bits per heavy atom. The number of nitrogens with zero attached hydrogens (tertiary/aromatic N) is 1. The number of likely N-dealkylation sites (N-methyl/N-ethyl adjacent to an activating group) is 1. The van der Waals surface area contributed by atoms with E-state index in [4.69, 9.17) is 14.2 Å². The van der Waals surface area contributed by atoms with Crippen LogP contribution in [0, 0.1) is 0 Å². The molecule has 0 aliphatic heterocycles. The van der Waals surface area contributed by atoms with Gasteiger partial charge in [-0.2, -0.15) is 0 Å². The molecule has 326 valence electrons. The highest BCUT2D eigenvalue weighted by molar-refractivity contribution is 7.84. The first-order chi connectivity index (χ1) is 28.2. The number of benzene rings is 3. The molecule has 3 aromatic rings. The Morgan fingerprint density at radius 3 is 1.72 bits per heavy atom. The summed E-state index contributed by atoms with van der Waals surface area (Å²) in [5.74, 6) is -2.47. The van der Waals surface area contributed by atoms with E-state index in [0.29, 0.717) is 17.7 Å². The lowest BCUT2D eigenvalue weighted by atomic mass is 10.0. The fourth-order valence-corrected chi connectivity index (χ4v) is 6.40. The monoisotopic (exact) mass is 848 g/mol. The molecule has 0 fully saturated rings. The minimum absolute atomic E-state index is 0.0274. The maximum Gasteiger partial charge on any atom is 0.408 e. The molecule has 0 radical (unpaired) electrons. The van der Waals surface area contributed by atoms with Crippen LogP contribution in [0.1, 0.15) is 77.5 Å². The Morgan fingerprint density at radius 1 is 0.633 bits per heavy atom. The molecule has 0 bridgehead atoms. The van der Waals surface area contributed by atoms with Crippen LogP contribution in [0.2, 0.25) is 0 Å². The first-order valence-corrected chi connectivity index (χ1v) is 21.6. The predicted octanol–water partition coefficient (Wildman–Crippen LogP) is 4.83. The second-order valence-corrected chi connectivity index (χ2v) is 18.0. The molecule has 3 aromatic carbocycles. The topological polar surface area (TPSA) is 187 Å². The van der Waals surface area contributed by atoms with Crippen LogP contribution in [0.5, 0.6) is 5.75 Å². The van der Waals surface area contributed by atoms with Gasteiger partial charge in [-0.1, -0.05) is 72.8 Å². The van der Waals surface area contributed by atoms with E-state index >= 15 is 0 Å². The molecule has 15 heteroatoms. The largest absolute Gasteiger partial charge is 0.460 e. The number of aryl methyl sites for hydroxylation is 1. The van der Waals surface area contributed by atoms with E-state index in [1.54, 1.807) is 77.9 Å². The number of ether oxygens (including phenoxy) is 3. The van der Waals surface area contributed by atoms with E-state index in [1.807, 2.05) is 48.5 Å². The molecule has 0 heterocycles. The van der Waals surface area contributed by atoms with Crippen LogP contribution < -0.4 is 20.7 Å². The summed E-state index contributed by atoms with van der Waals surface area (Å²) < 4.78 is 28.6. The van der Waals surface area contributed by atoms with Gasteiger partial charge in [0.05, 0.1) is 6.42 Å². The Bertz CT molecular complexity index is 1910. The Hall–Kier alpha value is -5.57. The molecule has 0 spiro atoms. The average molecular weight is 849 g/mol. The number of hydrogen-bond donors (Lipinski definition) is 3. The molecule has 0 saturated carbocycles. The van der Waals surface area contributed by atoms with Crippen LogP contribution >= 0.6 is 0 Å². The van der Waals surface area contributed by atoms with E-state index in [0.717, 1.165) is 11.1 Å². The summed E-state index contributed by atoms with van der Waals surface area (Å²) in [6.45, 7) is 10.3. The van der Waals surface area contributed by atoms with E-state index in [1.165, 1.54) is 18.2 Å². The second kappa shape index (κ2) is 23.3.